The number of hydrogen-bond donors (Lipinski definition) is 0. The predicted octanol–water partition coefficient (Wildman–Crippen LogP) is 3.30. The van der Waals surface area contributed by atoms with Crippen LogP contribution in [0.25, 0.3) is 11.3 Å². The maximum Gasteiger partial charge on any atom is 0.165 e. The molecule has 0 aliphatic rings. The van der Waals surface area contributed by atoms with E-state index in [-0.39, 0.29) is 5.75 Å². The van der Waals surface area contributed by atoms with Crippen molar-refractivity contribution in [2.24, 2.45) is 0 Å². The number of hydrogen-bond acceptors (Lipinski definition) is 3. The normalized spacial score (nSPS) is 10.2. The number of pyridine rings is 1. The molecule has 0 spiro atoms. The minimum atomic E-state index is -0.404. The van der Waals surface area contributed by atoms with E-state index < -0.39 is 5.82 Å². The van der Waals surface area contributed by atoms with Crippen molar-refractivity contribution in [1.82, 2.24) is 4.98 Å². The molecule has 3 nitrogen and oxygen atoms in total. The van der Waals surface area contributed by atoms with Gasteiger partial charge in [0, 0.05) is 17.8 Å². The van der Waals surface area contributed by atoms with Crippen molar-refractivity contribution in [3.63, 3.8) is 0 Å². The van der Waals surface area contributed by atoms with Gasteiger partial charge in [-0.05, 0) is 31.2 Å². The molecule has 4 heteroatoms. The molecule has 0 radical (unpaired) electrons. The maximum absolute atomic E-state index is 13.6. The topological polar surface area (TPSA) is 31.4 Å². The van der Waals surface area contributed by atoms with Gasteiger partial charge < -0.3 is 9.47 Å². The van der Waals surface area contributed by atoms with Crippen LogP contribution in [0.15, 0.2) is 36.5 Å². The van der Waals surface area contributed by atoms with E-state index in [1.807, 2.05) is 6.92 Å². The van der Waals surface area contributed by atoms with Crippen LogP contribution in [-0.4, -0.2) is 18.7 Å². The van der Waals surface area contributed by atoms with Gasteiger partial charge >= 0.3 is 0 Å². The van der Waals surface area contributed by atoms with Crippen molar-refractivity contribution in [3.05, 3.63) is 42.3 Å². The standard InChI is InChI=1S/C14H14FNO2/c1-3-18-11-6-7-16-13(9-11)10-4-5-14(17-2)12(15)8-10/h4-9H,3H2,1-2H3. The van der Waals surface area contributed by atoms with E-state index in [0.29, 0.717) is 17.9 Å². The van der Waals surface area contributed by atoms with E-state index in [4.69, 9.17) is 9.47 Å². The summed E-state index contributed by atoms with van der Waals surface area (Å²) in [5.74, 6) is 0.539. The lowest BCUT2D eigenvalue weighted by atomic mass is 10.1. The Morgan fingerprint density at radius 1 is 1.22 bits per heavy atom. The highest BCUT2D eigenvalue weighted by molar-refractivity contribution is 5.61. The Labute approximate surface area is 105 Å². The van der Waals surface area contributed by atoms with Crippen molar-refractivity contribution < 1.29 is 13.9 Å². The van der Waals surface area contributed by atoms with Gasteiger partial charge in [0.1, 0.15) is 5.75 Å². The molecule has 0 saturated heterocycles. The molecule has 0 aliphatic heterocycles. The molecule has 0 bridgehead atoms. The zero-order valence-electron chi connectivity index (χ0n) is 10.3. The molecule has 0 aliphatic carbocycles. The molecular formula is C14H14FNO2. The van der Waals surface area contributed by atoms with Crippen LogP contribution < -0.4 is 9.47 Å². The lowest BCUT2D eigenvalue weighted by Gasteiger charge is -2.07. The first-order valence-corrected chi connectivity index (χ1v) is 5.67. The summed E-state index contributed by atoms with van der Waals surface area (Å²) < 4.78 is 23.9. The molecule has 18 heavy (non-hydrogen) atoms. The Morgan fingerprint density at radius 3 is 2.72 bits per heavy atom. The van der Waals surface area contributed by atoms with Crippen molar-refractivity contribution in [2.75, 3.05) is 13.7 Å². The number of methoxy groups -OCH3 is 1. The fourth-order valence-corrected chi connectivity index (χ4v) is 1.65. The molecule has 0 unspecified atom stereocenters. The molecule has 0 amide bonds. The Kier molecular flexibility index (Phi) is 3.77. The highest BCUT2D eigenvalue weighted by Crippen LogP contribution is 2.26. The Balaban J connectivity index is 2.36. The lowest BCUT2D eigenvalue weighted by Crippen LogP contribution is -1.93. The van der Waals surface area contributed by atoms with Crippen LogP contribution in [0.5, 0.6) is 11.5 Å². The molecular weight excluding hydrogens is 233 g/mol. The molecule has 0 atom stereocenters. The predicted molar refractivity (Wildman–Crippen MR) is 67.4 cm³/mol. The minimum Gasteiger partial charge on any atom is -0.494 e. The molecule has 1 aromatic carbocycles. The fraction of sp³-hybridized carbons (Fsp3) is 0.214. The molecule has 1 heterocycles. The number of halogens is 1. The zero-order chi connectivity index (χ0) is 13.0. The first-order chi connectivity index (χ1) is 8.74. The quantitative estimate of drug-likeness (QED) is 0.830. The van der Waals surface area contributed by atoms with Crippen molar-refractivity contribution >= 4 is 0 Å². The van der Waals surface area contributed by atoms with Gasteiger partial charge in [-0.25, -0.2) is 4.39 Å². The second-order valence-electron chi connectivity index (χ2n) is 3.66. The third-order valence-corrected chi connectivity index (χ3v) is 2.49. The summed E-state index contributed by atoms with van der Waals surface area (Å²) in [5, 5.41) is 0. The number of ether oxygens (including phenoxy) is 2. The number of aromatic nitrogens is 1. The largest absolute Gasteiger partial charge is 0.494 e. The van der Waals surface area contributed by atoms with E-state index in [1.165, 1.54) is 13.2 Å². The van der Waals surface area contributed by atoms with E-state index >= 15 is 0 Å². The van der Waals surface area contributed by atoms with Crippen LogP contribution in [0.1, 0.15) is 6.92 Å². The molecule has 2 aromatic rings. The van der Waals surface area contributed by atoms with Gasteiger partial charge in [-0.2, -0.15) is 0 Å². The van der Waals surface area contributed by atoms with Gasteiger partial charge in [0.15, 0.2) is 11.6 Å². The SMILES string of the molecule is CCOc1ccnc(-c2ccc(OC)c(F)c2)c1. The average molecular weight is 247 g/mol. The molecule has 0 saturated carbocycles. The molecule has 2 rings (SSSR count). The molecule has 1 aromatic heterocycles. The third-order valence-electron chi connectivity index (χ3n) is 2.49. The van der Waals surface area contributed by atoms with E-state index in [0.717, 1.165) is 5.75 Å². The van der Waals surface area contributed by atoms with Gasteiger partial charge in [0.2, 0.25) is 0 Å². The summed E-state index contributed by atoms with van der Waals surface area (Å²) in [7, 11) is 1.44. The van der Waals surface area contributed by atoms with Crippen molar-refractivity contribution in [3.8, 4) is 22.8 Å². The summed E-state index contributed by atoms with van der Waals surface area (Å²) in [4.78, 5) is 4.20. The monoisotopic (exact) mass is 247 g/mol. The summed E-state index contributed by atoms with van der Waals surface area (Å²) in [6.45, 7) is 2.49. The second kappa shape index (κ2) is 5.49. The lowest BCUT2D eigenvalue weighted by molar-refractivity contribution is 0.340. The van der Waals surface area contributed by atoms with Crippen LogP contribution in [-0.2, 0) is 0 Å². The van der Waals surface area contributed by atoms with E-state index in [2.05, 4.69) is 4.98 Å². The van der Waals surface area contributed by atoms with Crippen molar-refractivity contribution in [1.29, 1.82) is 0 Å². The zero-order valence-corrected chi connectivity index (χ0v) is 10.3. The average Bonchev–Trinajstić information content (AvgIpc) is 2.39. The summed E-state index contributed by atoms with van der Waals surface area (Å²) in [6.07, 6.45) is 1.64. The van der Waals surface area contributed by atoms with Gasteiger partial charge in [0.25, 0.3) is 0 Å². The third kappa shape index (κ3) is 2.59. The first kappa shape index (κ1) is 12.4. The van der Waals surface area contributed by atoms with E-state index in [1.54, 1.807) is 30.5 Å². The Bertz CT molecular complexity index is 543. The number of nitrogens with zero attached hydrogens (tertiary/aromatic N) is 1. The maximum atomic E-state index is 13.6. The Hall–Kier alpha value is -2.10. The Morgan fingerprint density at radius 2 is 2.06 bits per heavy atom. The van der Waals surface area contributed by atoms with Crippen LogP contribution in [0.4, 0.5) is 4.39 Å². The van der Waals surface area contributed by atoms with Gasteiger partial charge in [-0.3, -0.25) is 4.98 Å². The first-order valence-electron chi connectivity index (χ1n) is 5.67. The van der Waals surface area contributed by atoms with E-state index in [9.17, 15) is 4.39 Å². The number of benzene rings is 1. The van der Waals surface area contributed by atoms with Crippen LogP contribution >= 0.6 is 0 Å². The summed E-state index contributed by atoms with van der Waals surface area (Å²) in [6, 6.07) is 8.30. The minimum absolute atomic E-state index is 0.222. The number of rotatable bonds is 4. The van der Waals surface area contributed by atoms with Crippen LogP contribution in [0, 0.1) is 5.82 Å². The van der Waals surface area contributed by atoms with Gasteiger partial charge in [-0.1, -0.05) is 0 Å². The summed E-state index contributed by atoms with van der Waals surface area (Å²) >= 11 is 0. The smallest absolute Gasteiger partial charge is 0.165 e. The highest BCUT2D eigenvalue weighted by Gasteiger charge is 2.07. The van der Waals surface area contributed by atoms with Gasteiger partial charge in [-0.15, -0.1) is 0 Å². The van der Waals surface area contributed by atoms with Gasteiger partial charge in [0.05, 0.1) is 19.4 Å². The second-order valence-corrected chi connectivity index (χ2v) is 3.66. The summed E-state index contributed by atoms with van der Waals surface area (Å²) in [5.41, 5.74) is 1.36. The molecule has 0 N–H and O–H groups in total. The molecule has 94 valence electrons. The highest BCUT2D eigenvalue weighted by atomic mass is 19.1. The van der Waals surface area contributed by atoms with Crippen LogP contribution in [0.2, 0.25) is 0 Å². The van der Waals surface area contributed by atoms with Crippen molar-refractivity contribution in [2.45, 2.75) is 6.92 Å². The molecule has 0 fully saturated rings. The fourth-order valence-electron chi connectivity index (χ4n) is 1.65. The van der Waals surface area contributed by atoms with Crippen LogP contribution in [0.3, 0.4) is 0 Å².